The van der Waals surface area contributed by atoms with Crippen LogP contribution in [0.4, 0.5) is 5.69 Å². The highest BCUT2D eigenvalue weighted by Crippen LogP contribution is 2.12. The third-order valence-electron chi connectivity index (χ3n) is 3.08. The molecule has 0 atom stereocenters. The molecule has 5 heteroatoms. The second kappa shape index (κ2) is 9.00. The average molecular weight is 291 g/mol. The molecule has 1 aromatic rings. The number of amides is 2. The van der Waals surface area contributed by atoms with Gasteiger partial charge in [0.15, 0.2) is 0 Å². The zero-order valence-electron chi connectivity index (χ0n) is 13.1. The van der Waals surface area contributed by atoms with E-state index in [1.54, 1.807) is 19.0 Å². The third kappa shape index (κ3) is 6.79. The van der Waals surface area contributed by atoms with Gasteiger partial charge in [-0.05, 0) is 30.5 Å². The summed E-state index contributed by atoms with van der Waals surface area (Å²) in [6.07, 6.45) is 2.13. The fraction of sp³-hybridized carbons (Fsp3) is 0.500. The highest BCUT2D eigenvalue weighted by Gasteiger charge is 2.05. The van der Waals surface area contributed by atoms with Crippen LogP contribution in [0.1, 0.15) is 25.3 Å². The van der Waals surface area contributed by atoms with E-state index in [2.05, 4.69) is 10.6 Å². The van der Waals surface area contributed by atoms with Crippen molar-refractivity contribution < 1.29 is 9.59 Å². The topological polar surface area (TPSA) is 61.4 Å². The molecule has 2 amide bonds. The minimum absolute atomic E-state index is 0.00922. The van der Waals surface area contributed by atoms with Crippen LogP contribution in [0.15, 0.2) is 24.3 Å². The minimum atomic E-state index is -0.00922. The van der Waals surface area contributed by atoms with E-state index in [0.717, 1.165) is 17.7 Å². The van der Waals surface area contributed by atoms with E-state index < -0.39 is 0 Å². The number of carbonyl (C=O) groups excluding carboxylic acids is 2. The van der Waals surface area contributed by atoms with Gasteiger partial charge in [0, 0.05) is 32.7 Å². The highest BCUT2D eigenvalue weighted by molar-refractivity contribution is 5.80. The lowest BCUT2D eigenvalue weighted by molar-refractivity contribution is -0.128. The van der Waals surface area contributed by atoms with Crippen molar-refractivity contribution in [1.29, 1.82) is 0 Å². The van der Waals surface area contributed by atoms with Crippen molar-refractivity contribution in [2.45, 2.75) is 26.2 Å². The van der Waals surface area contributed by atoms with E-state index in [-0.39, 0.29) is 18.4 Å². The molecule has 5 nitrogen and oxygen atoms in total. The number of hydrogen-bond acceptors (Lipinski definition) is 3. The van der Waals surface area contributed by atoms with E-state index >= 15 is 0 Å². The van der Waals surface area contributed by atoms with Crippen LogP contribution in [0.2, 0.25) is 0 Å². The van der Waals surface area contributed by atoms with Crippen LogP contribution in [0.5, 0.6) is 0 Å². The summed E-state index contributed by atoms with van der Waals surface area (Å²) < 4.78 is 0. The Morgan fingerprint density at radius 2 is 2.00 bits per heavy atom. The normalized spacial score (nSPS) is 10.0. The maximum Gasteiger partial charge on any atom is 0.239 e. The summed E-state index contributed by atoms with van der Waals surface area (Å²) in [6.45, 7) is 2.99. The Morgan fingerprint density at radius 1 is 1.24 bits per heavy atom. The molecule has 0 heterocycles. The molecule has 0 aliphatic heterocycles. The van der Waals surface area contributed by atoms with Crippen LogP contribution >= 0.6 is 0 Å². The van der Waals surface area contributed by atoms with E-state index in [1.807, 2.05) is 31.2 Å². The Hall–Kier alpha value is -2.04. The van der Waals surface area contributed by atoms with Gasteiger partial charge in [-0.15, -0.1) is 0 Å². The Labute approximate surface area is 126 Å². The first-order chi connectivity index (χ1) is 10.0. The standard InChI is InChI=1S/C16H25N3O2/c1-4-10-17-15(20)12-18-14-7-5-6-13(11-14)8-9-16(21)19(2)3/h5-7,11,18H,4,8-10,12H2,1-3H3,(H,17,20). The van der Waals surface area contributed by atoms with Gasteiger partial charge in [0.2, 0.25) is 11.8 Å². The van der Waals surface area contributed by atoms with Crippen LogP contribution in [0.25, 0.3) is 0 Å². The first-order valence-electron chi connectivity index (χ1n) is 7.32. The SMILES string of the molecule is CCCNC(=O)CNc1cccc(CCC(=O)N(C)C)c1. The number of nitrogens with one attached hydrogen (secondary N) is 2. The summed E-state index contributed by atoms with van der Waals surface area (Å²) in [6, 6.07) is 7.83. The van der Waals surface area contributed by atoms with Gasteiger partial charge in [0.25, 0.3) is 0 Å². The average Bonchev–Trinajstić information content (AvgIpc) is 2.48. The molecule has 1 aromatic carbocycles. The van der Waals surface area contributed by atoms with Crippen LogP contribution in [-0.2, 0) is 16.0 Å². The molecule has 0 aromatic heterocycles. The first kappa shape index (κ1) is 17.0. The zero-order chi connectivity index (χ0) is 15.7. The molecule has 0 unspecified atom stereocenters. The van der Waals surface area contributed by atoms with Crippen LogP contribution in [0, 0.1) is 0 Å². The Morgan fingerprint density at radius 3 is 2.67 bits per heavy atom. The molecule has 0 radical (unpaired) electrons. The fourth-order valence-corrected chi connectivity index (χ4v) is 1.82. The first-order valence-corrected chi connectivity index (χ1v) is 7.32. The molecular weight excluding hydrogens is 266 g/mol. The molecule has 0 spiro atoms. The number of nitrogens with zero attached hydrogens (tertiary/aromatic N) is 1. The molecule has 0 saturated heterocycles. The predicted octanol–water partition coefficient (Wildman–Crippen LogP) is 1.65. The number of benzene rings is 1. The second-order valence-corrected chi connectivity index (χ2v) is 5.19. The molecule has 0 fully saturated rings. The van der Waals surface area contributed by atoms with Gasteiger partial charge in [-0.3, -0.25) is 9.59 Å². The lowest BCUT2D eigenvalue weighted by Crippen LogP contribution is -2.30. The lowest BCUT2D eigenvalue weighted by Gasteiger charge is -2.11. The van der Waals surface area contributed by atoms with E-state index in [0.29, 0.717) is 19.4 Å². The van der Waals surface area contributed by atoms with Crippen molar-refractivity contribution >= 4 is 17.5 Å². The van der Waals surface area contributed by atoms with Crippen molar-refractivity contribution in [3.63, 3.8) is 0 Å². The molecular formula is C16H25N3O2. The molecule has 21 heavy (non-hydrogen) atoms. The van der Waals surface area contributed by atoms with E-state index in [1.165, 1.54) is 0 Å². The monoisotopic (exact) mass is 291 g/mol. The van der Waals surface area contributed by atoms with Crippen LogP contribution in [0.3, 0.4) is 0 Å². The molecule has 1 rings (SSSR count). The smallest absolute Gasteiger partial charge is 0.239 e. The number of aryl methyl sites for hydroxylation is 1. The molecule has 0 aliphatic rings. The molecule has 0 bridgehead atoms. The minimum Gasteiger partial charge on any atom is -0.376 e. The lowest BCUT2D eigenvalue weighted by atomic mass is 10.1. The van der Waals surface area contributed by atoms with Crippen LogP contribution in [-0.4, -0.2) is 43.9 Å². The summed E-state index contributed by atoms with van der Waals surface area (Å²) >= 11 is 0. The van der Waals surface area contributed by atoms with Crippen molar-refractivity contribution in [3.8, 4) is 0 Å². The maximum absolute atomic E-state index is 11.6. The number of rotatable bonds is 8. The highest BCUT2D eigenvalue weighted by atomic mass is 16.2. The van der Waals surface area contributed by atoms with Crippen molar-refractivity contribution in [2.75, 3.05) is 32.5 Å². The Balaban J connectivity index is 2.45. The van der Waals surface area contributed by atoms with Gasteiger partial charge in [0.1, 0.15) is 0 Å². The Bertz CT molecular complexity index is 472. The van der Waals surface area contributed by atoms with Gasteiger partial charge in [-0.25, -0.2) is 0 Å². The van der Waals surface area contributed by atoms with Gasteiger partial charge < -0.3 is 15.5 Å². The van der Waals surface area contributed by atoms with Gasteiger partial charge in [0.05, 0.1) is 6.54 Å². The molecule has 116 valence electrons. The fourth-order valence-electron chi connectivity index (χ4n) is 1.82. The summed E-state index contributed by atoms with van der Waals surface area (Å²) in [5.74, 6) is 0.109. The molecule has 2 N–H and O–H groups in total. The summed E-state index contributed by atoms with van der Waals surface area (Å²) in [5.41, 5.74) is 1.99. The van der Waals surface area contributed by atoms with Crippen molar-refractivity contribution in [2.24, 2.45) is 0 Å². The summed E-state index contributed by atoms with van der Waals surface area (Å²) in [5, 5.41) is 5.91. The van der Waals surface area contributed by atoms with E-state index in [9.17, 15) is 9.59 Å². The molecule has 0 saturated carbocycles. The Kier molecular flexibility index (Phi) is 7.29. The number of hydrogen-bond donors (Lipinski definition) is 2. The van der Waals surface area contributed by atoms with E-state index in [4.69, 9.17) is 0 Å². The largest absolute Gasteiger partial charge is 0.376 e. The second-order valence-electron chi connectivity index (χ2n) is 5.19. The van der Waals surface area contributed by atoms with Gasteiger partial charge in [-0.1, -0.05) is 19.1 Å². The zero-order valence-corrected chi connectivity index (χ0v) is 13.1. The molecule has 0 aliphatic carbocycles. The quantitative estimate of drug-likeness (QED) is 0.765. The van der Waals surface area contributed by atoms with Gasteiger partial charge in [-0.2, -0.15) is 0 Å². The van der Waals surface area contributed by atoms with Crippen LogP contribution < -0.4 is 10.6 Å². The van der Waals surface area contributed by atoms with Crippen molar-refractivity contribution in [3.05, 3.63) is 29.8 Å². The number of carbonyl (C=O) groups is 2. The van der Waals surface area contributed by atoms with Crippen molar-refractivity contribution in [1.82, 2.24) is 10.2 Å². The summed E-state index contributed by atoms with van der Waals surface area (Å²) in [4.78, 5) is 24.7. The van der Waals surface area contributed by atoms with Gasteiger partial charge >= 0.3 is 0 Å². The number of anilines is 1. The maximum atomic E-state index is 11.6. The summed E-state index contributed by atoms with van der Waals surface area (Å²) in [7, 11) is 3.52. The predicted molar refractivity (Wildman–Crippen MR) is 85.2 cm³/mol. The third-order valence-corrected chi connectivity index (χ3v) is 3.08.